The Hall–Kier alpha value is -2.30. The van der Waals surface area contributed by atoms with Crippen LogP contribution < -0.4 is 5.32 Å². The fraction of sp³-hybridized carbons (Fsp3) is 0.105. The molecule has 1 saturated heterocycles. The number of carbonyl (C=O) groups is 1. The molecule has 0 aliphatic carbocycles. The number of piperidine rings is 1. The van der Waals surface area contributed by atoms with E-state index in [-0.39, 0.29) is 29.8 Å². The van der Waals surface area contributed by atoms with Gasteiger partial charge >= 0.3 is 0 Å². The SMILES string of the molecule is Cl.O=C1/C(=C\c2ccccc2F)CNC/C1=C/c1ccccc1F. The molecule has 0 atom stereocenters. The van der Waals surface area contributed by atoms with Gasteiger partial charge in [-0.3, -0.25) is 4.79 Å². The van der Waals surface area contributed by atoms with Crippen molar-refractivity contribution in [3.05, 3.63) is 82.4 Å². The first-order valence-corrected chi connectivity index (χ1v) is 7.31. The van der Waals surface area contributed by atoms with Crippen molar-refractivity contribution in [2.75, 3.05) is 13.1 Å². The monoisotopic (exact) mass is 347 g/mol. The number of nitrogens with one attached hydrogen (secondary N) is 1. The number of halogens is 3. The van der Waals surface area contributed by atoms with E-state index in [1.165, 1.54) is 12.1 Å². The number of Topliss-reactive ketones (excluding diaryl/α,β-unsaturated/α-hetero) is 1. The molecule has 5 heteroatoms. The summed E-state index contributed by atoms with van der Waals surface area (Å²) in [7, 11) is 0. The lowest BCUT2D eigenvalue weighted by atomic mass is 9.95. The maximum atomic E-state index is 13.7. The Kier molecular flexibility index (Phi) is 6.01. The Bertz CT molecular complexity index is 749. The second-order valence-corrected chi connectivity index (χ2v) is 5.31. The van der Waals surface area contributed by atoms with Gasteiger partial charge in [-0.05, 0) is 24.3 Å². The highest BCUT2D eigenvalue weighted by atomic mass is 35.5. The lowest BCUT2D eigenvalue weighted by Gasteiger charge is -2.18. The van der Waals surface area contributed by atoms with E-state index < -0.39 is 0 Å². The molecule has 0 amide bonds. The van der Waals surface area contributed by atoms with E-state index in [9.17, 15) is 13.6 Å². The minimum absolute atomic E-state index is 0. The molecule has 0 spiro atoms. The van der Waals surface area contributed by atoms with Crippen LogP contribution in [0.3, 0.4) is 0 Å². The zero-order chi connectivity index (χ0) is 16.2. The molecule has 2 nitrogen and oxygen atoms in total. The summed E-state index contributed by atoms with van der Waals surface area (Å²) in [6.07, 6.45) is 3.08. The average Bonchev–Trinajstić information content (AvgIpc) is 2.55. The van der Waals surface area contributed by atoms with Crippen molar-refractivity contribution >= 4 is 30.3 Å². The number of hydrogen-bond donors (Lipinski definition) is 1. The summed E-state index contributed by atoms with van der Waals surface area (Å²) in [6.45, 7) is 0.726. The number of hydrogen-bond acceptors (Lipinski definition) is 2. The van der Waals surface area contributed by atoms with Crippen molar-refractivity contribution in [1.82, 2.24) is 5.32 Å². The van der Waals surface area contributed by atoms with Crippen LogP contribution in [-0.2, 0) is 4.79 Å². The lowest BCUT2D eigenvalue weighted by molar-refractivity contribution is -0.112. The molecule has 1 aliphatic heterocycles. The molecule has 0 saturated carbocycles. The van der Waals surface area contributed by atoms with Crippen molar-refractivity contribution in [3.8, 4) is 0 Å². The van der Waals surface area contributed by atoms with Gasteiger partial charge in [-0.15, -0.1) is 12.4 Å². The van der Waals surface area contributed by atoms with Gasteiger partial charge in [0.2, 0.25) is 0 Å². The molecule has 2 aromatic rings. The Morgan fingerprint density at radius 3 is 1.62 bits per heavy atom. The van der Waals surface area contributed by atoms with E-state index in [0.717, 1.165) is 0 Å². The normalized spacial score (nSPS) is 17.8. The van der Waals surface area contributed by atoms with Crippen LogP contribution in [0.25, 0.3) is 12.2 Å². The second-order valence-electron chi connectivity index (χ2n) is 5.31. The summed E-state index contributed by atoms with van der Waals surface area (Å²) in [4.78, 5) is 12.5. The predicted molar refractivity (Wildman–Crippen MR) is 93.9 cm³/mol. The third kappa shape index (κ3) is 3.96. The summed E-state index contributed by atoms with van der Waals surface area (Å²) in [5, 5.41) is 3.09. The first-order valence-electron chi connectivity index (χ1n) is 7.31. The van der Waals surface area contributed by atoms with Crippen LogP contribution in [0.5, 0.6) is 0 Å². The fourth-order valence-corrected chi connectivity index (χ4v) is 2.49. The molecule has 1 fully saturated rings. The predicted octanol–water partition coefficient (Wildman–Crippen LogP) is 4.03. The highest BCUT2D eigenvalue weighted by molar-refractivity contribution is 6.14. The van der Waals surface area contributed by atoms with Gasteiger partial charge < -0.3 is 5.32 Å². The van der Waals surface area contributed by atoms with Gasteiger partial charge in [-0.25, -0.2) is 8.78 Å². The standard InChI is InChI=1S/C19H15F2NO.ClH/c20-17-7-3-1-5-13(17)9-15-11-22-12-16(19(15)23)10-14-6-2-4-8-18(14)21;/h1-10,22H,11-12H2;1H/b15-9-,16-10-;. The topological polar surface area (TPSA) is 29.1 Å². The summed E-state index contributed by atoms with van der Waals surface area (Å²) in [5.41, 5.74) is 1.66. The second kappa shape index (κ2) is 7.99. The highest BCUT2D eigenvalue weighted by Crippen LogP contribution is 2.19. The van der Waals surface area contributed by atoms with Gasteiger partial charge in [0.1, 0.15) is 11.6 Å². The van der Waals surface area contributed by atoms with Gasteiger partial charge in [0.25, 0.3) is 0 Å². The first kappa shape index (κ1) is 18.0. The number of benzene rings is 2. The van der Waals surface area contributed by atoms with E-state index in [4.69, 9.17) is 0 Å². The quantitative estimate of drug-likeness (QED) is 0.831. The third-order valence-corrected chi connectivity index (χ3v) is 3.68. The summed E-state index contributed by atoms with van der Waals surface area (Å²) >= 11 is 0. The molecule has 1 aliphatic rings. The van der Waals surface area contributed by atoms with E-state index in [1.54, 1.807) is 48.6 Å². The van der Waals surface area contributed by atoms with Crippen LogP contribution >= 0.6 is 12.4 Å². The van der Waals surface area contributed by atoms with Gasteiger partial charge in [-0.2, -0.15) is 0 Å². The van der Waals surface area contributed by atoms with Crippen LogP contribution in [-0.4, -0.2) is 18.9 Å². The van der Waals surface area contributed by atoms with E-state index in [2.05, 4.69) is 5.32 Å². The molecule has 2 aromatic carbocycles. The molecule has 24 heavy (non-hydrogen) atoms. The third-order valence-electron chi connectivity index (χ3n) is 3.68. The molecule has 0 bridgehead atoms. The minimum Gasteiger partial charge on any atom is -0.308 e. The Morgan fingerprint density at radius 2 is 1.21 bits per heavy atom. The number of carbonyl (C=O) groups excluding carboxylic acids is 1. The Balaban J connectivity index is 0.00000208. The molecule has 1 N–H and O–H groups in total. The van der Waals surface area contributed by atoms with Gasteiger partial charge in [0.05, 0.1) is 0 Å². The highest BCUT2D eigenvalue weighted by Gasteiger charge is 2.20. The number of ketones is 1. The van der Waals surface area contributed by atoms with Gasteiger partial charge in [-0.1, -0.05) is 36.4 Å². The van der Waals surface area contributed by atoms with Crippen molar-refractivity contribution < 1.29 is 13.6 Å². The van der Waals surface area contributed by atoms with Crippen LogP contribution in [0.4, 0.5) is 8.78 Å². The molecule has 124 valence electrons. The molecule has 1 heterocycles. The lowest BCUT2D eigenvalue weighted by Crippen LogP contribution is -2.32. The average molecular weight is 348 g/mol. The largest absolute Gasteiger partial charge is 0.308 e. The van der Waals surface area contributed by atoms with Crippen LogP contribution in [0.2, 0.25) is 0 Å². The first-order chi connectivity index (χ1) is 11.1. The maximum Gasteiger partial charge on any atom is 0.187 e. The summed E-state index contributed by atoms with van der Waals surface area (Å²) < 4.78 is 27.5. The zero-order valence-electron chi connectivity index (χ0n) is 12.8. The van der Waals surface area contributed by atoms with Crippen molar-refractivity contribution in [2.45, 2.75) is 0 Å². The van der Waals surface area contributed by atoms with Gasteiger partial charge in [0.15, 0.2) is 5.78 Å². The molecular formula is C19H16ClF2NO. The molecule has 0 radical (unpaired) electrons. The van der Waals surface area contributed by atoms with Crippen molar-refractivity contribution in [3.63, 3.8) is 0 Å². The molecular weight excluding hydrogens is 332 g/mol. The molecule has 0 aromatic heterocycles. The van der Waals surface area contributed by atoms with Crippen LogP contribution in [0.15, 0.2) is 59.7 Å². The number of rotatable bonds is 2. The fourth-order valence-electron chi connectivity index (χ4n) is 2.49. The maximum absolute atomic E-state index is 13.7. The molecule has 0 unspecified atom stereocenters. The van der Waals surface area contributed by atoms with E-state index >= 15 is 0 Å². The van der Waals surface area contributed by atoms with E-state index in [1.807, 2.05) is 0 Å². The minimum atomic E-state index is -0.377. The zero-order valence-corrected chi connectivity index (χ0v) is 13.6. The summed E-state index contributed by atoms with van der Waals surface area (Å²) in [5.74, 6) is -0.939. The van der Waals surface area contributed by atoms with Crippen LogP contribution in [0.1, 0.15) is 11.1 Å². The Morgan fingerprint density at radius 1 is 0.792 bits per heavy atom. The smallest absolute Gasteiger partial charge is 0.187 e. The van der Waals surface area contributed by atoms with Crippen LogP contribution in [0, 0.1) is 11.6 Å². The van der Waals surface area contributed by atoms with Crippen molar-refractivity contribution in [2.24, 2.45) is 0 Å². The van der Waals surface area contributed by atoms with Gasteiger partial charge in [0, 0.05) is 35.4 Å². The Labute approximate surface area is 145 Å². The van der Waals surface area contributed by atoms with Crippen molar-refractivity contribution in [1.29, 1.82) is 0 Å². The molecule has 3 rings (SSSR count). The summed E-state index contributed by atoms with van der Waals surface area (Å²) in [6, 6.07) is 12.6. The van der Waals surface area contributed by atoms with E-state index in [0.29, 0.717) is 35.4 Å².